The molecule has 1 atom stereocenters. The van der Waals surface area contributed by atoms with E-state index >= 15 is 0 Å². The van der Waals surface area contributed by atoms with E-state index in [1.807, 2.05) is 12.1 Å². The number of hydrogen-bond donors (Lipinski definition) is 2. The standard InChI is InChI=1S/C14H16N2O3S/c1-10(8-13(17)18)9-16-14(19)11-4-2-3-5-12(11)20-7-6-15/h2-5,10H,7-9H2,1H3,(H,16,19)(H,17,18). The number of nitriles is 1. The van der Waals surface area contributed by atoms with Gasteiger partial charge < -0.3 is 10.4 Å². The van der Waals surface area contributed by atoms with Crippen molar-refractivity contribution in [2.75, 3.05) is 12.3 Å². The van der Waals surface area contributed by atoms with E-state index in [1.165, 1.54) is 11.8 Å². The highest BCUT2D eigenvalue weighted by atomic mass is 32.2. The molecule has 1 aromatic rings. The first-order valence-electron chi connectivity index (χ1n) is 6.13. The second-order valence-electron chi connectivity index (χ2n) is 4.36. The molecule has 6 heteroatoms. The maximum atomic E-state index is 12.1. The molecule has 106 valence electrons. The molecule has 0 aliphatic carbocycles. The molecular weight excluding hydrogens is 276 g/mol. The third-order valence-corrected chi connectivity index (χ3v) is 3.50. The Morgan fingerprint density at radius 2 is 2.15 bits per heavy atom. The van der Waals surface area contributed by atoms with Crippen molar-refractivity contribution in [3.63, 3.8) is 0 Å². The predicted molar refractivity (Wildman–Crippen MR) is 76.5 cm³/mol. The van der Waals surface area contributed by atoms with Crippen LogP contribution in [0, 0.1) is 17.2 Å². The highest BCUT2D eigenvalue weighted by molar-refractivity contribution is 7.99. The highest BCUT2D eigenvalue weighted by Crippen LogP contribution is 2.22. The van der Waals surface area contributed by atoms with Gasteiger partial charge in [0.15, 0.2) is 0 Å². The molecule has 1 rings (SSSR count). The van der Waals surface area contributed by atoms with Crippen molar-refractivity contribution in [3.8, 4) is 6.07 Å². The number of thioether (sulfide) groups is 1. The Labute approximate surface area is 122 Å². The third-order valence-electron chi connectivity index (χ3n) is 2.56. The van der Waals surface area contributed by atoms with Gasteiger partial charge >= 0.3 is 5.97 Å². The molecule has 0 bridgehead atoms. The molecule has 0 aliphatic heterocycles. The molecule has 5 nitrogen and oxygen atoms in total. The Balaban J connectivity index is 2.63. The van der Waals surface area contributed by atoms with E-state index in [0.717, 1.165) is 4.90 Å². The fourth-order valence-electron chi connectivity index (χ4n) is 1.62. The van der Waals surface area contributed by atoms with Gasteiger partial charge in [0, 0.05) is 17.9 Å². The Morgan fingerprint density at radius 1 is 1.45 bits per heavy atom. The van der Waals surface area contributed by atoms with Crippen molar-refractivity contribution in [1.29, 1.82) is 5.26 Å². The van der Waals surface area contributed by atoms with Gasteiger partial charge in [-0.2, -0.15) is 5.26 Å². The van der Waals surface area contributed by atoms with E-state index < -0.39 is 5.97 Å². The minimum atomic E-state index is -0.878. The first-order chi connectivity index (χ1) is 9.54. The quantitative estimate of drug-likeness (QED) is 0.751. The van der Waals surface area contributed by atoms with Crippen LogP contribution in [0.2, 0.25) is 0 Å². The van der Waals surface area contributed by atoms with Crippen LogP contribution in [-0.4, -0.2) is 29.3 Å². The lowest BCUT2D eigenvalue weighted by Gasteiger charge is -2.12. The maximum Gasteiger partial charge on any atom is 0.303 e. The molecule has 0 heterocycles. The number of benzene rings is 1. The molecular formula is C14H16N2O3S. The fraction of sp³-hybridized carbons (Fsp3) is 0.357. The second-order valence-corrected chi connectivity index (χ2v) is 5.37. The zero-order valence-electron chi connectivity index (χ0n) is 11.1. The summed E-state index contributed by atoms with van der Waals surface area (Å²) in [5, 5.41) is 20.0. The monoisotopic (exact) mass is 292 g/mol. The van der Waals surface area contributed by atoms with Gasteiger partial charge in [-0.1, -0.05) is 19.1 Å². The number of nitrogens with zero attached hydrogens (tertiary/aromatic N) is 1. The summed E-state index contributed by atoms with van der Waals surface area (Å²) < 4.78 is 0. The van der Waals surface area contributed by atoms with Crippen molar-refractivity contribution < 1.29 is 14.7 Å². The lowest BCUT2D eigenvalue weighted by atomic mass is 10.1. The third kappa shape index (κ3) is 5.33. The van der Waals surface area contributed by atoms with Crippen molar-refractivity contribution in [2.45, 2.75) is 18.2 Å². The van der Waals surface area contributed by atoms with Gasteiger partial charge in [0.1, 0.15) is 0 Å². The van der Waals surface area contributed by atoms with Crippen LogP contribution in [0.1, 0.15) is 23.7 Å². The zero-order chi connectivity index (χ0) is 15.0. The number of rotatable bonds is 7. The molecule has 20 heavy (non-hydrogen) atoms. The number of carbonyl (C=O) groups excluding carboxylic acids is 1. The molecule has 0 radical (unpaired) electrons. The van der Waals surface area contributed by atoms with Gasteiger partial charge in [-0.15, -0.1) is 11.8 Å². The second kappa shape index (κ2) is 8.23. The van der Waals surface area contributed by atoms with Gasteiger partial charge in [0.2, 0.25) is 0 Å². The highest BCUT2D eigenvalue weighted by Gasteiger charge is 2.13. The average Bonchev–Trinajstić information content (AvgIpc) is 2.42. The van der Waals surface area contributed by atoms with E-state index in [2.05, 4.69) is 5.32 Å². The number of carboxylic acid groups (broad SMARTS) is 1. The van der Waals surface area contributed by atoms with Crippen molar-refractivity contribution >= 4 is 23.6 Å². The van der Waals surface area contributed by atoms with E-state index in [4.69, 9.17) is 10.4 Å². The summed E-state index contributed by atoms with van der Waals surface area (Å²) in [6.45, 7) is 2.08. The van der Waals surface area contributed by atoms with Crippen LogP contribution in [0.4, 0.5) is 0 Å². The van der Waals surface area contributed by atoms with Gasteiger partial charge in [0.25, 0.3) is 5.91 Å². The van der Waals surface area contributed by atoms with E-state index in [1.54, 1.807) is 25.1 Å². The summed E-state index contributed by atoms with van der Waals surface area (Å²) in [5.74, 6) is -0.977. The summed E-state index contributed by atoms with van der Waals surface area (Å²) in [7, 11) is 0. The molecule has 1 amide bonds. The lowest BCUT2D eigenvalue weighted by molar-refractivity contribution is -0.137. The van der Waals surface area contributed by atoms with E-state index in [9.17, 15) is 9.59 Å². The number of carboxylic acids is 1. The van der Waals surface area contributed by atoms with Crippen LogP contribution in [-0.2, 0) is 4.79 Å². The summed E-state index contributed by atoms with van der Waals surface area (Å²) in [4.78, 5) is 23.4. The number of carbonyl (C=O) groups is 2. The average molecular weight is 292 g/mol. The predicted octanol–water partition coefficient (Wildman–Crippen LogP) is 2.14. The molecule has 0 saturated heterocycles. The summed E-state index contributed by atoms with van der Waals surface area (Å²) in [5.41, 5.74) is 0.510. The summed E-state index contributed by atoms with van der Waals surface area (Å²) in [6.07, 6.45) is 0.0190. The molecule has 1 aromatic carbocycles. The van der Waals surface area contributed by atoms with Crippen LogP contribution < -0.4 is 5.32 Å². The van der Waals surface area contributed by atoms with Gasteiger partial charge in [0.05, 0.1) is 17.4 Å². The zero-order valence-corrected chi connectivity index (χ0v) is 11.9. The number of nitrogens with one attached hydrogen (secondary N) is 1. The van der Waals surface area contributed by atoms with Crippen LogP contribution in [0.5, 0.6) is 0 Å². The van der Waals surface area contributed by atoms with Crippen LogP contribution >= 0.6 is 11.8 Å². The normalized spacial score (nSPS) is 11.4. The van der Waals surface area contributed by atoms with Gasteiger partial charge in [-0.25, -0.2) is 0 Å². The van der Waals surface area contributed by atoms with Crippen LogP contribution in [0.3, 0.4) is 0 Å². The fourth-order valence-corrected chi connectivity index (χ4v) is 2.33. The van der Waals surface area contributed by atoms with Crippen LogP contribution in [0.15, 0.2) is 29.2 Å². The Bertz CT molecular complexity index is 525. The Morgan fingerprint density at radius 3 is 2.80 bits per heavy atom. The minimum absolute atomic E-state index is 0.0190. The van der Waals surface area contributed by atoms with Crippen molar-refractivity contribution in [3.05, 3.63) is 29.8 Å². The van der Waals surface area contributed by atoms with E-state index in [-0.39, 0.29) is 24.0 Å². The molecule has 0 aromatic heterocycles. The molecule has 2 N–H and O–H groups in total. The molecule has 1 unspecified atom stereocenters. The Kier molecular flexibility index (Phi) is 6.60. The topological polar surface area (TPSA) is 90.2 Å². The molecule has 0 aliphatic rings. The first kappa shape index (κ1) is 16.1. The maximum absolute atomic E-state index is 12.1. The molecule has 0 fully saturated rings. The largest absolute Gasteiger partial charge is 0.481 e. The lowest BCUT2D eigenvalue weighted by Crippen LogP contribution is -2.29. The first-order valence-corrected chi connectivity index (χ1v) is 7.12. The molecule has 0 saturated carbocycles. The van der Waals surface area contributed by atoms with Crippen molar-refractivity contribution in [2.24, 2.45) is 5.92 Å². The number of amides is 1. The molecule has 0 spiro atoms. The SMILES string of the molecule is CC(CNC(=O)c1ccccc1SCC#N)CC(=O)O. The van der Waals surface area contributed by atoms with E-state index in [0.29, 0.717) is 12.1 Å². The van der Waals surface area contributed by atoms with Gasteiger partial charge in [-0.05, 0) is 18.1 Å². The van der Waals surface area contributed by atoms with Crippen molar-refractivity contribution in [1.82, 2.24) is 5.32 Å². The Hall–Kier alpha value is -2.00. The minimum Gasteiger partial charge on any atom is -0.481 e. The summed E-state index contributed by atoms with van der Waals surface area (Å²) in [6, 6.07) is 9.07. The van der Waals surface area contributed by atoms with Gasteiger partial charge in [-0.3, -0.25) is 9.59 Å². The number of hydrogen-bond acceptors (Lipinski definition) is 4. The number of aliphatic carboxylic acids is 1. The van der Waals surface area contributed by atoms with Crippen LogP contribution in [0.25, 0.3) is 0 Å². The smallest absolute Gasteiger partial charge is 0.303 e. The summed E-state index contributed by atoms with van der Waals surface area (Å²) >= 11 is 1.30.